The zero-order chi connectivity index (χ0) is 21.0. The molecule has 1 amide bonds. The third-order valence-corrected chi connectivity index (χ3v) is 5.64. The van der Waals surface area contributed by atoms with Crippen molar-refractivity contribution in [3.8, 4) is 11.5 Å². The SMILES string of the molecule is CCOc1cc(CN2CCOC3(COCC(=O)N(C(C)C)C3)C2)c(C)cc1OC. The van der Waals surface area contributed by atoms with Crippen LogP contribution < -0.4 is 9.47 Å². The predicted octanol–water partition coefficient (Wildman–Crippen LogP) is 2.24. The third-order valence-electron chi connectivity index (χ3n) is 5.64. The molecule has 2 aliphatic rings. The number of nitrogens with zero attached hydrogens (tertiary/aromatic N) is 2. The van der Waals surface area contributed by atoms with Crippen LogP contribution in [-0.2, 0) is 20.8 Å². The van der Waals surface area contributed by atoms with Crippen LogP contribution in [0.4, 0.5) is 0 Å². The Kier molecular flexibility index (Phi) is 7.03. The molecule has 2 aliphatic heterocycles. The fraction of sp³-hybridized carbons (Fsp3) is 0.682. The lowest BCUT2D eigenvalue weighted by Gasteiger charge is -2.44. The van der Waals surface area contributed by atoms with E-state index in [2.05, 4.69) is 17.9 Å². The van der Waals surface area contributed by atoms with Crippen molar-refractivity contribution in [2.45, 2.75) is 45.9 Å². The van der Waals surface area contributed by atoms with Crippen molar-refractivity contribution in [2.24, 2.45) is 0 Å². The van der Waals surface area contributed by atoms with Crippen LogP contribution in [0.15, 0.2) is 12.1 Å². The Morgan fingerprint density at radius 1 is 1.24 bits per heavy atom. The molecular weight excluding hydrogens is 372 g/mol. The van der Waals surface area contributed by atoms with Crippen LogP contribution in [0, 0.1) is 6.92 Å². The first-order chi connectivity index (χ1) is 13.9. The van der Waals surface area contributed by atoms with Crippen molar-refractivity contribution in [3.63, 3.8) is 0 Å². The number of aryl methyl sites for hydroxylation is 1. The fourth-order valence-electron chi connectivity index (χ4n) is 4.11. The van der Waals surface area contributed by atoms with Crippen LogP contribution in [0.25, 0.3) is 0 Å². The largest absolute Gasteiger partial charge is 0.493 e. The number of methoxy groups -OCH3 is 1. The monoisotopic (exact) mass is 406 g/mol. The van der Waals surface area contributed by atoms with Gasteiger partial charge in [0.15, 0.2) is 11.5 Å². The molecule has 7 nitrogen and oxygen atoms in total. The molecule has 1 unspecified atom stereocenters. The molecule has 3 rings (SSSR count). The molecule has 0 radical (unpaired) electrons. The lowest BCUT2D eigenvalue weighted by Crippen LogP contribution is -2.59. The standard InChI is InChI=1S/C22H34N2O5/c1-6-28-20-10-18(17(4)9-19(20)26-5)11-23-7-8-29-22(13-23)14-24(16(2)3)21(25)12-27-15-22/h9-10,16H,6-8,11-15H2,1-5H3. The first-order valence-electron chi connectivity index (χ1n) is 10.4. The van der Waals surface area contributed by atoms with Crippen LogP contribution in [0.2, 0.25) is 0 Å². The fourth-order valence-corrected chi connectivity index (χ4v) is 4.11. The van der Waals surface area contributed by atoms with E-state index in [0.717, 1.165) is 31.1 Å². The van der Waals surface area contributed by atoms with Crippen molar-refractivity contribution in [2.75, 3.05) is 53.2 Å². The zero-order valence-corrected chi connectivity index (χ0v) is 18.3. The second kappa shape index (κ2) is 9.32. The number of hydrogen-bond acceptors (Lipinski definition) is 6. The predicted molar refractivity (Wildman–Crippen MR) is 111 cm³/mol. The number of ether oxygens (including phenoxy) is 4. The molecule has 1 aromatic carbocycles. The second-order valence-corrected chi connectivity index (χ2v) is 8.21. The number of carbonyl (C=O) groups excluding carboxylic acids is 1. The number of benzene rings is 1. The first-order valence-corrected chi connectivity index (χ1v) is 10.4. The minimum Gasteiger partial charge on any atom is -0.493 e. The van der Waals surface area contributed by atoms with Gasteiger partial charge in [-0.15, -0.1) is 0 Å². The first kappa shape index (κ1) is 21.9. The van der Waals surface area contributed by atoms with E-state index in [-0.39, 0.29) is 18.6 Å². The molecule has 0 aliphatic carbocycles. The van der Waals surface area contributed by atoms with E-state index in [1.54, 1.807) is 7.11 Å². The number of hydrogen-bond donors (Lipinski definition) is 0. The summed E-state index contributed by atoms with van der Waals surface area (Å²) in [5.41, 5.74) is 1.89. The summed E-state index contributed by atoms with van der Waals surface area (Å²) in [6.07, 6.45) is 0. The summed E-state index contributed by atoms with van der Waals surface area (Å²) in [4.78, 5) is 16.6. The van der Waals surface area contributed by atoms with Gasteiger partial charge in [-0.25, -0.2) is 0 Å². The Labute approximate surface area is 173 Å². The Balaban J connectivity index is 1.77. The van der Waals surface area contributed by atoms with Gasteiger partial charge in [0, 0.05) is 25.7 Å². The zero-order valence-electron chi connectivity index (χ0n) is 18.3. The molecule has 2 heterocycles. The van der Waals surface area contributed by atoms with Crippen molar-refractivity contribution in [3.05, 3.63) is 23.3 Å². The summed E-state index contributed by atoms with van der Waals surface area (Å²) in [7, 11) is 1.66. The second-order valence-electron chi connectivity index (χ2n) is 8.21. The van der Waals surface area contributed by atoms with Gasteiger partial charge in [-0.05, 0) is 51.0 Å². The van der Waals surface area contributed by atoms with Gasteiger partial charge in [0.25, 0.3) is 0 Å². The van der Waals surface area contributed by atoms with Crippen molar-refractivity contribution in [1.82, 2.24) is 9.80 Å². The van der Waals surface area contributed by atoms with Crippen molar-refractivity contribution in [1.29, 1.82) is 0 Å². The molecule has 0 N–H and O–H groups in total. The Morgan fingerprint density at radius 3 is 2.72 bits per heavy atom. The number of amides is 1. The van der Waals surface area contributed by atoms with Gasteiger partial charge in [0.05, 0.1) is 33.5 Å². The van der Waals surface area contributed by atoms with E-state index >= 15 is 0 Å². The molecule has 0 aromatic heterocycles. The van der Waals surface area contributed by atoms with Crippen LogP contribution in [0.5, 0.6) is 11.5 Å². The lowest BCUT2D eigenvalue weighted by molar-refractivity contribution is -0.147. The highest BCUT2D eigenvalue weighted by Crippen LogP contribution is 2.32. The van der Waals surface area contributed by atoms with E-state index in [9.17, 15) is 4.79 Å². The van der Waals surface area contributed by atoms with Gasteiger partial charge in [-0.2, -0.15) is 0 Å². The lowest BCUT2D eigenvalue weighted by atomic mass is 9.99. The Bertz CT molecular complexity index is 723. The quantitative estimate of drug-likeness (QED) is 0.722. The molecule has 1 spiro atoms. The van der Waals surface area contributed by atoms with Gasteiger partial charge in [0.2, 0.25) is 5.91 Å². The van der Waals surface area contributed by atoms with Gasteiger partial charge in [-0.1, -0.05) is 0 Å². The average Bonchev–Trinajstić information content (AvgIpc) is 2.83. The summed E-state index contributed by atoms with van der Waals surface area (Å²) >= 11 is 0. The molecule has 0 saturated carbocycles. The van der Waals surface area contributed by atoms with Crippen LogP contribution in [0.1, 0.15) is 31.9 Å². The molecule has 7 heteroatoms. The number of carbonyl (C=O) groups is 1. The van der Waals surface area contributed by atoms with E-state index in [1.807, 2.05) is 31.7 Å². The molecule has 2 fully saturated rings. The highest BCUT2D eigenvalue weighted by molar-refractivity contribution is 5.78. The highest BCUT2D eigenvalue weighted by atomic mass is 16.6. The summed E-state index contributed by atoms with van der Waals surface area (Å²) < 4.78 is 23.1. The summed E-state index contributed by atoms with van der Waals surface area (Å²) in [6, 6.07) is 4.23. The van der Waals surface area contributed by atoms with Gasteiger partial charge in [-0.3, -0.25) is 9.69 Å². The maximum atomic E-state index is 12.4. The van der Waals surface area contributed by atoms with Crippen molar-refractivity contribution < 1.29 is 23.7 Å². The molecule has 162 valence electrons. The highest BCUT2D eigenvalue weighted by Gasteiger charge is 2.42. The molecule has 1 atom stereocenters. The summed E-state index contributed by atoms with van der Waals surface area (Å²) in [5, 5.41) is 0. The minimum absolute atomic E-state index is 0.0324. The van der Waals surface area contributed by atoms with Crippen LogP contribution >= 0.6 is 0 Å². The third kappa shape index (κ3) is 5.02. The van der Waals surface area contributed by atoms with Crippen LogP contribution in [0.3, 0.4) is 0 Å². The molecule has 0 bridgehead atoms. The van der Waals surface area contributed by atoms with Gasteiger partial charge >= 0.3 is 0 Å². The van der Waals surface area contributed by atoms with Gasteiger partial charge < -0.3 is 23.8 Å². The van der Waals surface area contributed by atoms with Crippen molar-refractivity contribution >= 4 is 5.91 Å². The normalized spacial score (nSPS) is 23.5. The molecule has 1 aromatic rings. The molecule has 2 saturated heterocycles. The maximum absolute atomic E-state index is 12.4. The van der Waals surface area contributed by atoms with E-state index in [0.29, 0.717) is 26.4 Å². The Morgan fingerprint density at radius 2 is 2.03 bits per heavy atom. The van der Waals surface area contributed by atoms with Gasteiger partial charge in [0.1, 0.15) is 12.2 Å². The maximum Gasteiger partial charge on any atom is 0.248 e. The number of rotatable bonds is 6. The molecule has 29 heavy (non-hydrogen) atoms. The topological polar surface area (TPSA) is 60.5 Å². The van der Waals surface area contributed by atoms with E-state index in [4.69, 9.17) is 18.9 Å². The summed E-state index contributed by atoms with van der Waals surface area (Å²) in [6.45, 7) is 12.8. The van der Waals surface area contributed by atoms with Crippen LogP contribution in [-0.4, -0.2) is 80.5 Å². The van der Waals surface area contributed by atoms with E-state index < -0.39 is 5.60 Å². The smallest absolute Gasteiger partial charge is 0.248 e. The average molecular weight is 407 g/mol. The molecular formula is C22H34N2O5. The Hall–Kier alpha value is -1.83. The number of morpholine rings is 1. The minimum atomic E-state index is -0.488. The summed E-state index contributed by atoms with van der Waals surface area (Å²) in [5.74, 6) is 1.56. The van der Waals surface area contributed by atoms with E-state index in [1.165, 1.54) is 11.1 Å².